The molecule has 1 heterocycles. The van der Waals surface area contributed by atoms with Gasteiger partial charge in [-0.2, -0.15) is 0 Å². The molecule has 0 spiro atoms. The van der Waals surface area contributed by atoms with Gasteiger partial charge >= 0.3 is 6.09 Å². The van der Waals surface area contributed by atoms with Crippen molar-refractivity contribution in [2.24, 2.45) is 5.92 Å². The molecule has 0 aromatic heterocycles. The van der Waals surface area contributed by atoms with Crippen LogP contribution in [0.3, 0.4) is 0 Å². The SMILES string of the molecule is C[C@@H]1C[C@H](COc2ccc(S(=O)(=O)CCS(C)(=O)=O)cc2)CN1C(=O)OC(C)(C)C. The maximum atomic E-state index is 12.3. The monoisotopic (exact) mass is 461 g/mol. The minimum absolute atomic E-state index is 0.0517. The summed E-state index contributed by atoms with van der Waals surface area (Å²) < 4.78 is 58.1. The van der Waals surface area contributed by atoms with Gasteiger partial charge in [0, 0.05) is 24.8 Å². The highest BCUT2D eigenvalue weighted by molar-refractivity contribution is 7.94. The third-order valence-corrected chi connectivity index (χ3v) is 7.62. The zero-order valence-corrected chi connectivity index (χ0v) is 19.8. The normalized spacial score (nSPS) is 20.2. The van der Waals surface area contributed by atoms with Gasteiger partial charge in [-0.15, -0.1) is 0 Å². The quantitative estimate of drug-likeness (QED) is 0.614. The van der Waals surface area contributed by atoms with Crippen molar-refractivity contribution in [3.63, 3.8) is 0 Å². The molecule has 2 atom stereocenters. The number of sulfone groups is 2. The van der Waals surface area contributed by atoms with Gasteiger partial charge in [0.2, 0.25) is 0 Å². The first-order valence-corrected chi connectivity index (χ1v) is 13.5. The molecule has 0 aliphatic carbocycles. The van der Waals surface area contributed by atoms with E-state index in [0.717, 1.165) is 12.7 Å². The van der Waals surface area contributed by atoms with Crippen molar-refractivity contribution in [1.82, 2.24) is 4.90 Å². The predicted molar refractivity (Wildman–Crippen MR) is 114 cm³/mol. The van der Waals surface area contributed by atoms with Gasteiger partial charge in [0.25, 0.3) is 0 Å². The minimum atomic E-state index is -3.67. The Morgan fingerprint density at radius 3 is 2.23 bits per heavy atom. The van der Waals surface area contributed by atoms with Crippen LogP contribution in [0, 0.1) is 5.92 Å². The van der Waals surface area contributed by atoms with E-state index in [1.165, 1.54) is 12.1 Å². The molecular formula is C20H31NO7S2. The summed E-state index contributed by atoms with van der Waals surface area (Å²) in [6.45, 7) is 8.39. The van der Waals surface area contributed by atoms with E-state index in [4.69, 9.17) is 9.47 Å². The topological polar surface area (TPSA) is 107 Å². The molecular weight excluding hydrogens is 430 g/mol. The predicted octanol–water partition coefficient (Wildman–Crippen LogP) is 2.53. The Hall–Kier alpha value is -1.81. The Balaban J connectivity index is 1.91. The first-order chi connectivity index (χ1) is 13.7. The number of rotatable bonds is 7. The zero-order valence-electron chi connectivity index (χ0n) is 18.1. The third kappa shape index (κ3) is 7.46. The van der Waals surface area contributed by atoms with Crippen LogP contribution in [0.4, 0.5) is 4.79 Å². The summed E-state index contributed by atoms with van der Waals surface area (Å²) in [5.74, 6) is -0.209. The van der Waals surface area contributed by atoms with Crippen LogP contribution in [0.15, 0.2) is 29.2 Å². The molecule has 30 heavy (non-hydrogen) atoms. The van der Waals surface area contributed by atoms with E-state index in [-0.39, 0.29) is 22.9 Å². The highest BCUT2D eigenvalue weighted by Gasteiger charge is 2.35. The molecule has 0 saturated carbocycles. The summed E-state index contributed by atoms with van der Waals surface area (Å²) in [5.41, 5.74) is -0.547. The van der Waals surface area contributed by atoms with Gasteiger partial charge in [0.15, 0.2) is 9.84 Å². The van der Waals surface area contributed by atoms with Gasteiger partial charge in [-0.25, -0.2) is 21.6 Å². The summed E-state index contributed by atoms with van der Waals surface area (Å²) in [4.78, 5) is 14.1. The number of likely N-dealkylation sites (tertiary alicyclic amines) is 1. The van der Waals surface area contributed by atoms with E-state index in [1.807, 2.05) is 27.7 Å². The van der Waals surface area contributed by atoms with Gasteiger partial charge in [-0.3, -0.25) is 0 Å². The number of hydrogen-bond donors (Lipinski definition) is 0. The second kappa shape index (κ2) is 9.13. The van der Waals surface area contributed by atoms with Gasteiger partial charge in [-0.05, 0) is 58.4 Å². The number of amides is 1. The van der Waals surface area contributed by atoms with E-state index in [9.17, 15) is 21.6 Å². The van der Waals surface area contributed by atoms with Crippen LogP contribution in [0.2, 0.25) is 0 Å². The number of hydrogen-bond acceptors (Lipinski definition) is 7. The second-order valence-electron chi connectivity index (χ2n) is 8.81. The van der Waals surface area contributed by atoms with Crippen molar-refractivity contribution >= 4 is 25.8 Å². The fourth-order valence-electron chi connectivity index (χ4n) is 3.17. The standard InChI is InChI=1S/C20H31NO7S2/c1-15-12-16(13-21(15)19(22)28-20(2,3)4)14-27-17-6-8-18(9-7-17)30(25,26)11-10-29(5,23)24/h6-9,15-16H,10-14H2,1-5H3/t15-,16+/m1/s1. The summed E-state index contributed by atoms with van der Waals surface area (Å²) in [6, 6.07) is 5.99. The molecule has 1 aliphatic heterocycles. The third-order valence-electron chi connectivity index (χ3n) is 4.68. The molecule has 2 rings (SSSR count). The lowest BCUT2D eigenvalue weighted by Crippen LogP contribution is -2.39. The smallest absolute Gasteiger partial charge is 0.410 e. The van der Waals surface area contributed by atoms with E-state index < -0.39 is 36.8 Å². The second-order valence-corrected chi connectivity index (χ2v) is 13.2. The van der Waals surface area contributed by atoms with Crippen LogP contribution >= 0.6 is 0 Å². The van der Waals surface area contributed by atoms with Crippen molar-refractivity contribution in [2.45, 2.75) is 50.7 Å². The molecule has 1 amide bonds. The minimum Gasteiger partial charge on any atom is -0.493 e. The molecule has 8 nitrogen and oxygen atoms in total. The van der Waals surface area contributed by atoms with Gasteiger partial charge in [0.05, 0.1) is 23.0 Å². The molecule has 1 saturated heterocycles. The molecule has 1 aromatic rings. The maximum absolute atomic E-state index is 12.3. The zero-order chi connectivity index (χ0) is 22.7. The first kappa shape index (κ1) is 24.5. The van der Waals surface area contributed by atoms with Crippen LogP contribution in [-0.4, -0.2) is 70.4 Å². The Morgan fingerprint density at radius 1 is 1.10 bits per heavy atom. The van der Waals surface area contributed by atoms with Gasteiger partial charge in [-0.1, -0.05) is 0 Å². The van der Waals surface area contributed by atoms with E-state index >= 15 is 0 Å². The van der Waals surface area contributed by atoms with Crippen molar-refractivity contribution in [1.29, 1.82) is 0 Å². The average Bonchev–Trinajstić information content (AvgIpc) is 2.98. The van der Waals surface area contributed by atoms with Crippen LogP contribution < -0.4 is 4.74 Å². The fraction of sp³-hybridized carbons (Fsp3) is 0.650. The van der Waals surface area contributed by atoms with E-state index in [2.05, 4.69) is 0 Å². The number of benzene rings is 1. The number of carbonyl (C=O) groups excluding carboxylic acids is 1. The molecule has 1 aliphatic rings. The number of ether oxygens (including phenoxy) is 2. The van der Waals surface area contributed by atoms with Gasteiger partial charge < -0.3 is 14.4 Å². The number of carbonyl (C=O) groups is 1. The maximum Gasteiger partial charge on any atom is 0.410 e. The van der Waals surface area contributed by atoms with Crippen LogP contribution in [0.1, 0.15) is 34.1 Å². The van der Waals surface area contributed by atoms with Crippen LogP contribution in [-0.2, 0) is 24.4 Å². The van der Waals surface area contributed by atoms with Crippen molar-refractivity contribution in [2.75, 3.05) is 30.9 Å². The Bertz CT molecular complexity index is 948. The molecule has 1 aromatic carbocycles. The van der Waals surface area contributed by atoms with E-state index in [0.29, 0.717) is 18.9 Å². The average molecular weight is 462 g/mol. The van der Waals surface area contributed by atoms with Crippen molar-refractivity contribution in [3.05, 3.63) is 24.3 Å². The van der Waals surface area contributed by atoms with Crippen LogP contribution in [0.25, 0.3) is 0 Å². The Labute approximate surface area is 179 Å². The Kier molecular flexibility index (Phi) is 7.45. The fourth-order valence-corrected chi connectivity index (χ4v) is 6.05. The highest BCUT2D eigenvalue weighted by Crippen LogP contribution is 2.26. The largest absolute Gasteiger partial charge is 0.493 e. The summed E-state index contributed by atoms with van der Waals surface area (Å²) >= 11 is 0. The van der Waals surface area contributed by atoms with Crippen molar-refractivity contribution < 1.29 is 31.1 Å². The molecule has 0 N–H and O–H groups in total. The molecule has 1 fully saturated rings. The lowest BCUT2D eigenvalue weighted by atomic mass is 10.1. The number of nitrogens with zero attached hydrogens (tertiary/aromatic N) is 1. The lowest BCUT2D eigenvalue weighted by Gasteiger charge is -2.27. The van der Waals surface area contributed by atoms with Gasteiger partial charge in [0.1, 0.15) is 21.2 Å². The Morgan fingerprint density at radius 2 is 1.70 bits per heavy atom. The first-order valence-electron chi connectivity index (χ1n) is 9.79. The summed E-state index contributed by atoms with van der Waals surface area (Å²) in [6.07, 6.45) is 1.46. The molecule has 0 unspecified atom stereocenters. The highest BCUT2D eigenvalue weighted by atomic mass is 32.2. The van der Waals surface area contributed by atoms with E-state index in [1.54, 1.807) is 17.0 Å². The molecule has 10 heteroatoms. The summed E-state index contributed by atoms with van der Waals surface area (Å²) in [5, 5.41) is 0. The molecule has 0 bridgehead atoms. The van der Waals surface area contributed by atoms with Crippen LogP contribution in [0.5, 0.6) is 5.75 Å². The summed E-state index contributed by atoms with van der Waals surface area (Å²) in [7, 11) is -7.03. The lowest BCUT2D eigenvalue weighted by molar-refractivity contribution is 0.0231. The van der Waals surface area contributed by atoms with Crippen molar-refractivity contribution in [3.8, 4) is 5.75 Å². The molecule has 0 radical (unpaired) electrons. The molecule has 170 valence electrons.